The molecular weight excluding hydrogens is 755 g/mol. The zero-order valence-electron chi connectivity index (χ0n) is 33.5. The van der Waals surface area contributed by atoms with E-state index in [0.717, 1.165) is 49.8 Å². The number of furan rings is 1. The Kier molecular flexibility index (Phi) is 7.49. The van der Waals surface area contributed by atoms with Crippen LogP contribution in [-0.4, -0.2) is 15.0 Å². The first kappa shape index (κ1) is 34.6. The molecule has 0 bridgehead atoms. The Morgan fingerprint density at radius 1 is 0.274 bits per heavy atom. The summed E-state index contributed by atoms with van der Waals surface area (Å²) in [6.07, 6.45) is 0. The van der Waals surface area contributed by atoms with E-state index < -0.39 is 5.41 Å². The number of benzene rings is 9. The van der Waals surface area contributed by atoms with E-state index in [-0.39, 0.29) is 0 Å². The number of nitrogens with zero attached hydrogens (tertiary/aromatic N) is 3. The van der Waals surface area contributed by atoms with Crippen LogP contribution in [0.3, 0.4) is 0 Å². The van der Waals surface area contributed by atoms with Crippen LogP contribution in [0.25, 0.3) is 101 Å². The molecule has 4 heteroatoms. The number of rotatable bonds is 4. The summed E-state index contributed by atoms with van der Waals surface area (Å²) in [6.45, 7) is 0. The van der Waals surface area contributed by atoms with Gasteiger partial charge in [-0.3, -0.25) is 0 Å². The highest BCUT2D eigenvalue weighted by atomic mass is 16.3. The molecule has 9 aromatic carbocycles. The first-order valence-corrected chi connectivity index (χ1v) is 21.1. The van der Waals surface area contributed by atoms with E-state index in [1.807, 2.05) is 30.3 Å². The average molecular weight is 790 g/mol. The Labute approximate surface area is 358 Å². The first-order valence-electron chi connectivity index (χ1n) is 21.1. The minimum Gasteiger partial charge on any atom is -0.456 e. The van der Waals surface area contributed by atoms with Gasteiger partial charge in [0.2, 0.25) is 0 Å². The second kappa shape index (κ2) is 13.4. The summed E-state index contributed by atoms with van der Waals surface area (Å²) in [5, 5.41) is 2.24. The van der Waals surface area contributed by atoms with Crippen molar-refractivity contribution in [2.75, 3.05) is 0 Å². The molecule has 2 aliphatic rings. The second-order valence-electron chi connectivity index (χ2n) is 16.3. The van der Waals surface area contributed by atoms with Crippen molar-refractivity contribution < 1.29 is 4.42 Å². The Morgan fingerprint density at radius 2 is 0.774 bits per heavy atom. The fraction of sp³-hybridized carbons (Fsp3) is 0.0172. The quantitative estimate of drug-likeness (QED) is 0.178. The molecular formula is C58H35N3O. The third-order valence-electron chi connectivity index (χ3n) is 13.0. The predicted octanol–water partition coefficient (Wildman–Crippen LogP) is 14.4. The summed E-state index contributed by atoms with van der Waals surface area (Å²) in [6, 6.07) is 75.8. The molecule has 2 aliphatic carbocycles. The van der Waals surface area contributed by atoms with Gasteiger partial charge in [-0.15, -0.1) is 0 Å². The maximum absolute atomic E-state index is 6.69. The van der Waals surface area contributed by atoms with E-state index in [0.29, 0.717) is 17.5 Å². The van der Waals surface area contributed by atoms with Gasteiger partial charge in [-0.05, 0) is 97.1 Å². The Balaban J connectivity index is 1.12. The molecule has 0 fully saturated rings. The third kappa shape index (κ3) is 5.04. The smallest absolute Gasteiger partial charge is 0.164 e. The summed E-state index contributed by atoms with van der Waals surface area (Å²) >= 11 is 0. The van der Waals surface area contributed by atoms with Gasteiger partial charge in [0.1, 0.15) is 11.2 Å². The topological polar surface area (TPSA) is 51.8 Å². The monoisotopic (exact) mass is 789 g/mol. The van der Waals surface area contributed by atoms with Gasteiger partial charge in [0, 0.05) is 27.5 Å². The highest BCUT2D eigenvalue weighted by Crippen LogP contribution is 2.62. The Morgan fingerprint density at radius 3 is 1.48 bits per heavy atom. The maximum atomic E-state index is 6.69. The van der Waals surface area contributed by atoms with Crippen LogP contribution in [0.4, 0.5) is 0 Å². The molecule has 4 nitrogen and oxygen atoms in total. The highest BCUT2D eigenvalue weighted by Gasteiger charge is 2.50. The zero-order chi connectivity index (χ0) is 40.8. The number of hydrogen-bond donors (Lipinski definition) is 0. The van der Waals surface area contributed by atoms with Crippen LogP contribution in [0.1, 0.15) is 22.3 Å². The summed E-state index contributed by atoms with van der Waals surface area (Å²) in [5.41, 5.74) is 18.1. The van der Waals surface area contributed by atoms with Gasteiger partial charge in [0.25, 0.3) is 0 Å². The molecule has 0 aliphatic heterocycles. The molecule has 0 amide bonds. The molecule has 0 radical (unpaired) electrons. The van der Waals surface area contributed by atoms with Gasteiger partial charge in [-0.25, -0.2) is 15.0 Å². The molecule has 0 saturated heterocycles. The van der Waals surface area contributed by atoms with E-state index in [1.54, 1.807) is 0 Å². The lowest BCUT2D eigenvalue weighted by Crippen LogP contribution is -2.29. The number of para-hydroxylation sites is 1. The van der Waals surface area contributed by atoms with Crippen molar-refractivity contribution in [2.45, 2.75) is 5.41 Å². The highest BCUT2D eigenvalue weighted by molar-refractivity contribution is 6.09. The van der Waals surface area contributed by atoms with Crippen LogP contribution in [-0.2, 0) is 5.41 Å². The lowest BCUT2D eigenvalue weighted by molar-refractivity contribution is 0.666. The molecule has 2 aromatic heterocycles. The van der Waals surface area contributed by atoms with Crippen LogP contribution < -0.4 is 0 Å². The van der Waals surface area contributed by atoms with Crippen LogP contribution in [0, 0.1) is 0 Å². The van der Waals surface area contributed by atoms with Crippen molar-refractivity contribution >= 4 is 21.9 Å². The van der Waals surface area contributed by atoms with Crippen molar-refractivity contribution in [2.24, 2.45) is 0 Å². The van der Waals surface area contributed by atoms with E-state index in [4.69, 9.17) is 19.4 Å². The van der Waals surface area contributed by atoms with Gasteiger partial charge in [-0.2, -0.15) is 0 Å². The Bertz CT molecular complexity index is 3590. The van der Waals surface area contributed by atoms with Crippen molar-refractivity contribution in [3.05, 3.63) is 235 Å². The predicted molar refractivity (Wildman–Crippen MR) is 251 cm³/mol. The summed E-state index contributed by atoms with van der Waals surface area (Å²) < 4.78 is 6.69. The summed E-state index contributed by atoms with van der Waals surface area (Å²) in [5.74, 6) is 1.86. The maximum Gasteiger partial charge on any atom is 0.164 e. The SMILES string of the molecule is c1ccc(-c2cccc(-c3nc(-c4ccccc4)nc(-c4ccc5c(c4)C4(c6ccccc6-c6ccccc6-5)c5ccccc5-c5cc6c(cc54)oc4ccccc46)n3)c2)cc1. The molecule has 0 N–H and O–H groups in total. The molecule has 11 aromatic rings. The van der Waals surface area contributed by atoms with E-state index >= 15 is 0 Å². The molecule has 1 atom stereocenters. The van der Waals surface area contributed by atoms with E-state index in [9.17, 15) is 0 Å². The first-order chi connectivity index (χ1) is 30.7. The van der Waals surface area contributed by atoms with E-state index in [2.05, 4.69) is 182 Å². The van der Waals surface area contributed by atoms with Crippen LogP contribution in [0.15, 0.2) is 217 Å². The second-order valence-corrected chi connectivity index (χ2v) is 16.3. The minimum absolute atomic E-state index is 0.613. The average Bonchev–Trinajstić information content (AvgIpc) is 3.82. The summed E-state index contributed by atoms with van der Waals surface area (Å²) in [4.78, 5) is 15.7. The van der Waals surface area contributed by atoms with E-state index in [1.165, 1.54) is 55.6 Å². The fourth-order valence-electron chi connectivity index (χ4n) is 10.3. The van der Waals surface area contributed by atoms with Gasteiger partial charge in [-0.1, -0.05) is 182 Å². The Hall–Kier alpha value is -8.21. The van der Waals surface area contributed by atoms with Crippen molar-refractivity contribution in [1.82, 2.24) is 15.0 Å². The number of hydrogen-bond acceptors (Lipinski definition) is 4. The largest absolute Gasteiger partial charge is 0.456 e. The fourth-order valence-corrected chi connectivity index (χ4v) is 10.3. The molecule has 62 heavy (non-hydrogen) atoms. The molecule has 0 saturated carbocycles. The van der Waals surface area contributed by atoms with Crippen molar-refractivity contribution in [3.8, 4) is 78.7 Å². The van der Waals surface area contributed by atoms with Gasteiger partial charge >= 0.3 is 0 Å². The zero-order valence-corrected chi connectivity index (χ0v) is 33.5. The molecule has 13 rings (SSSR count). The van der Waals surface area contributed by atoms with Gasteiger partial charge in [0.05, 0.1) is 5.41 Å². The molecule has 2 heterocycles. The standard InChI is InChI=1S/C58H35N3O/c1-3-16-36(17-4-1)38-20-15-21-39(32-38)56-59-55(37-18-5-2-6-19-37)60-57(61-56)40-30-31-45-42-23-8-7-22-41(42)43-24-9-12-27-49(43)58(51(45)33-40)50-28-13-10-25-44(50)47-34-48-46-26-11-14-29-53(46)62-54(48)35-52(47)58/h1-35H. The van der Waals surface area contributed by atoms with Gasteiger partial charge in [0.15, 0.2) is 17.5 Å². The van der Waals surface area contributed by atoms with Crippen molar-refractivity contribution in [1.29, 1.82) is 0 Å². The van der Waals surface area contributed by atoms with Crippen LogP contribution in [0.2, 0.25) is 0 Å². The molecule has 1 unspecified atom stereocenters. The normalized spacial score (nSPS) is 14.5. The lowest BCUT2D eigenvalue weighted by Gasteiger charge is -2.35. The number of fused-ring (bicyclic) bond motifs is 15. The van der Waals surface area contributed by atoms with Gasteiger partial charge < -0.3 is 4.42 Å². The minimum atomic E-state index is -0.720. The molecule has 288 valence electrons. The van der Waals surface area contributed by atoms with Crippen LogP contribution in [0.5, 0.6) is 0 Å². The van der Waals surface area contributed by atoms with Crippen molar-refractivity contribution in [3.63, 3.8) is 0 Å². The number of aromatic nitrogens is 3. The van der Waals surface area contributed by atoms with Crippen LogP contribution >= 0.6 is 0 Å². The molecule has 1 spiro atoms. The third-order valence-corrected chi connectivity index (χ3v) is 13.0. The lowest BCUT2D eigenvalue weighted by atomic mass is 9.65. The summed E-state index contributed by atoms with van der Waals surface area (Å²) in [7, 11) is 0.